The van der Waals surface area contributed by atoms with E-state index in [1.807, 2.05) is 14.0 Å². The minimum atomic E-state index is -0.0542. The molecule has 2 heterocycles. The van der Waals surface area contributed by atoms with Crippen molar-refractivity contribution in [2.75, 3.05) is 33.3 Å². The summed E-state index contributed by atoms with van der Waals surface area (Å²) in [5.41, 5.74) is 0. The normalized spacial score (nSPS) is 17.1. The van der Waals surface area contributed by atoms with E-state index in [0.29, 0.717) is 12.5 Å². The average Bonchev–Trinajstić information content (AvgIpc) is 3.10. The first-order valence-corrected chi connectivity index (χ1v) is 9.19. The number of carbonyl (C=O) groups is 1. The van der Waals surface area contributed by atoms with E-state index in [9.17, 15) is 4.79 Å². The van der Waals surface area contributed by atoms with Gasteiger partial charge in [0.25, 0.3) is 0 Å². The molecule has 5 nitrogen and oxygen atoms in total. The van der Waals surface area contributed by atoms with Gasteiger partial charge in [0.05, 0.1) is 12.5 Å². The first-order chi connectivity index (χ1) is 11.2. The van der Waals surface area contributed by atoms with Gasteiger partial charge in [-0.1, -0.05) is 13.0 Å². The summed E-state index contributed by atoms with van der Waals surface area (Å²) in [6, 6.07) is 4.26. The average molecular weight is 465 g/mol. The number of hydrogen-bond acceptors (Lipinski definition) is 4. The van der Waals surface area contributed by atoms with Gasteiger partial charge in [-0.25, -0.2) is 0 Å². The highest BCUT2D eigenvalue weighted by atomic mass is 127. The molecule has 0 spiro atoms. The van der Waals surface area contributed by atoms with Crippen molar-refractivity contribution in [2.24, 2.45) is 10.9 Å². The van der Waals surface area contributed by atoms with Gasteiger partial charge in [0.1, 0.15) is 0 Å². The van der Waals surface area contributed by atoms with Gasteiger partial charge in [-0.05, 0) is 31.2 Å². The number of thiophene rings is 1. The molecule has 2 rings (SSSR count). The molecule has 1 N–H and O–H groups in total. The number of nitrogens with zero attached hydrogens (tertiary/aromatic N) is 2. The summed E-state index contributed by atoms with van der Waals surface area (Å²) < 4.78 is 5.12. The van der Waals surface area contributed by atoms with Gasteiger partial charge in [-0.2, -0.15) is 0 Å². The Labute approximate surface area is 165 Å². The van der Waals surface area contributed by atoms with Crippen LogP contribution in [0.3, 0.4) is 0 Å². The largest absolute Gasteiger partial charge is 0.466 e. The number of carbonyl (C=O) groups excluding carboxylic acids is 1. The van der Waals surface area contributed by atoms with E-state index in [-0.39, 0.29) is 35.9 Å². The highest BCUT2D eigenvalue weighted by Gasteiger charge is 2.27. The Hall–Kier alpha value is -0.830. The summed E-state index contributed by atoms with van der Waals surface area (Å²) in [5, 5.41) is 5.57. The molecule has 24 heavy (non-hydrogen) atoms. The molecule has 1 unspecified atom stereocenters. The highest BCUT2D eigenvalue weighted by Crippen LogP contribution is 2.21. The van der Waals surface area contributed by atoms with Crippen LogP contribution in [-0.4, -0.2) is 50.1 Å². The fraction of sp³-hybridized carbons (Fsp3) is 0.647. The number of hydrogen-bond donors (Lipinski definition) is 1. The predicted octanol–water partition coefficient (Wildman–Crippen LogP) is 3.32. The van der Waals surface area contributed by atoms with Crippen LogP contribution in [0, 0.1) is 5.92 Å². The molecule has 0 bridgehead atoms. The molecule has 0 amide bonds. The van der Waals surface area contributed by atoms with E-state index in [1.54, 1.807) is 11.3 Å². The number of ether oxygens (including phenoxy) is 1. The third-order valence-corrected chi connectivity index (χ3v) is 5.33. The SMILES string of the molecule is CCOC(=O)C1CCN(C(=NC)NCC(C)c2cccs2)CC1.I. The maximum absolute atomic E-state index is 11.8. The minimum Gasteiger partial charge on any atom is -0.466 e. The van der Waals surface area contributed by atoms with Crippen molar-refractivity contribution in [3.63, 3.8) is 0 Å². The van der Waals surface area contributed by atoms with Gasteiger partial charge in [-0.3, -0.25) is 9.79 Å². The van der Waals surface area contributed by atoms with Crippen LogP contribution in [0.4, 0.5) is 0 Å². The maximum atomic E-state index is 11.8. The number of likely N-dealkylation sites (tertiary alicyclic amines) is 1. The zero-order valence-electron chi connectivity index (χ0n) is 14.7. The van der Waals surface area contributed by atoms with Gasteiger partial charge >= 0.3 is 5.97 Å². The van der Waals surface area contributed by atoms with Crippen LogP contribution in [0.5, 0.6) is 0 Å². The van der Waals surface area contributed by atoms with Gasteiger partial charge in [0.15, 0.2) is 5.96 Å². The predicted molar refractivity (Wildman–Crippen MR) is 110 cm³/mol. The smallest absolute Gasteiger partial charge is 0.309 e. The van der Waals surface area contributed by atoms with Crippen LogP contribution < -0.4 is 5.32 Å². The van der Waals surface area contributed by atoms with E-state index in [4.69, 9.17) is 4.74 Å². The molecule has 0 saturated carbocycles. The van der Waals surface area contributed by atoms with E-state index in [1.165, 1.54) is 4.88 Å². The molecule has 136 valence electrons. The summed E-state index contributed by atoms with van der Waals surface area (Å²) in [4.78, 5) is 19.8. The molecule has 0 aromatic carbocycles. The first kappa shape index (κ1) is 21.2. The lowest BCUT2D eigenvalue weighted by molar-refractivity contribution is -0.149. The molecule has 0 radical (unpaired) electrons. The van der Waals surface area contributed by atoms with Crippen LogP contribution in [0.15, 0.2) is 22.5 Å². The van der Waals surface area contributed by atoms with Gasteiger partial charge in [0, 0.05) is 37.5 Å². The Morgan fingerprint density at radius 2 is 2.21 bits per heavy atom. The van der Waals surface area contributed by atoms with Crippen LogP contribution in [0.1, 0.15) is 37.5 Å². The first-order valence-electron chi connectivity index (χ1n) is 8.31. The van der Waals surface area contributed by atoms with Crippen LogP contribution >= 0.6 is 35.3 Å². The lowest BCUT2D eigenvalue weighted by Gasteiger charge is -2.33. The quantitative estimate of drug-likeness (QED) is 0.314. The number of rotatable bonds is 5. The highest BCUT2D eigenvalue weighted by molar-refractivity contribution is 14.0. The minimum absolute atomic E-state index is 0. The van der Waals surface area contributed by atoms with Crippen molar-refractivity contribution in [1.29, 1.82) is 0 Å². The van der Waals surface area contributed by atoms with E-state index in [0.717, 1.165) is 38.4 Å². The Morgan fingerprint density at radius 1 is 1.50 bits per heavy atom. The lowest BCUT2D eigenvalue weighted by atomic mass is 9.97. The second-order valence-corrected chi connectivity index (χ2v) is 6.84. The molecule has 1 aliphatic heterocycles. The Balaban J connectivity index is 0.00000288. The van der Waals surface area contributed by atoms with Crippen molar-refractivity contribution in [1.82, 2.24) is 10.2 Å². The number of aliphatic imine (C=N–C) groups is 1. The van der Waals surface area contributed by atoms with Gasteiger partial charge in [-0.15, -0.1) is 35.3 Å². The summed E-state index contributed by atoms with van der Waals surface area (Å²) in [6.07, 6.45) is 1.67. The Kier molecular flexibility index (Phi) is 9.65. The third-order valence-electron chi connectivity index (χ3n) is 4.22. The van der Waals surface area contributed by atoms with E-state index < -0.39 is 0 Å². The van der Waals surface area contributed by atoms with Crippen molar-refractivity contribution >= 4 is 47.2 Å². The maximum Gasteiger partial charge on any atom is 0.309 e. The Bertz CT molecular complexity index is 514. The van der Waals surface area contributed by atoms with Gasteiger partial charge in [0.2, 0.25) is 0 Å². The lowest BCUT2D eigenvalue weighted by Crippen LogP contribution is -2.47. The van der Waals surface area contributed by atoms with Crippen molar-refractivity contribution in [3.05, 3.63) is 22.4 Å². The van der Waals surface area contributed by atoms with Gasteiger partial charge < -0.3 is 15.0 Å². The standard InChI is InChI=1S/C17H27N3O2S.HI/c1-4-22-16(21)14-7-9-20(10-8-14)17(18-3)19-12-13(2)15-6-5-11-23-15;/h5-6,11,13-14H,4,7-10,12H2,1-3H3,(H,18,19);1H. The molecule has 1 fully saturated rings. The number of nitrogens with one attached hydrogen (secondary N) is 1. The van der Waals surface area contributed by atoms with Crippen LogP contribution in [0.25, 0.3) is 0 Å². The number of esters is 1. The van der Waals surface area contributed by atoms with Crippen LogP contribution in [0.2, 0.25) is 0 Å². The number of guanidine groups is 1. The molecular weight excluding hydrogens is 437 g/mol. The second kappa shape index (κ2) is 10.9. The zero-order valence-corrected chi connectivity index (χ0v) is 17.8. The van der Waals surface area contributed by atoms with E-state index >= 15 is 0 Å². The van der Waals surface area contributed by atoms with Crippen molar-refractivity contribution in [2.45, 2.75) is 32.6 Å². The molecule has 1 atom stereocenters. The molecule has 1 aromatic rings. The number of piperidine rings is 1. The molecule has 1 saturated heterocycles. The Morgan fingerprint density at radius 3 is 2.75 bits per heavy atom. The molecule has 7 heteroatoms. The van der Waals surface area contributed by atoms with Crippen molar-refractivity contribution < 1.29 is 9.53 Å². The monoisotopic (exact) mass is 465 g/mol. The van der Waals surface area contributed by atoms with E-state index in [2.05, 4.69) is 39.6 Å². The summed E-state index contributed by atoms with van der Waals surface area (Å²) in [7, 11) is 1.82. The summed E-state index contributed by atoms with van der Waals surface area (Å²) >= 11 is 1.79. The zero-order chi connectivity index (χ0) is 16.7. The fourth-order valence-electron chi connectivity index (χ4n) is 2.84. The van der Waals surface area contributed by atoms with Crippen molar-refractivity contribution in [3.8, 4) is 0 Å². The summed E-state index contributed by atoms with van der Waals surface area (Å²) in [5.74, 6) is 1.37. The second-order valence-electron chi connectivity index (χ2n) is 5.86. The summed E-state index contributed by atoms with van der Waals surface area (Å²) in [6.45, 7) is 7.09. The number of halogens is 1. The molecule has 1 aromatic heterocycles. The molecular formula is C17H28IN3O2S. The molecule has 0 aliphatic carbocycles. The topological polar surface area (TPSA) is 53.9 Å². The third kappa shape index (κ3) is 5.91. The fourth-order valence-corrected chi connectivity index (χ4v) is 3.62. The molecule has 1 aliphatic rings. The van der Waals surface area contributed by atoms with Crippen LogP contribution in [-0.2, 0) is 9.53 Å².